The predicted octanol–water partition coefficient (Wildman–Crippen LogP) is 3.05. The van der Waals surface area contributed by atoms with Crippen molar-refractivity contribution in [1.82, 2.24) is 34.3 Å². The molecular weight excluding hydrogens is 668 g/mol. The number of anilines is 3. The number of halogens is 1. The monoisotopic (exact) mass is 704 g/mol. The second kappa shape index (κ2) is 12.2. The van der Waals surface area contributed by atoms with E-state index >= 15 is 0 Å². The molecule has 2 aromatic carbocycles. The smallest absolute Gasteiger partial charge is 0.329 e. The van der Waals surface area contributed by atoms with Crippen molar-refractivity contribution >= 4 is 61.9 Å². The molecule has 3 amide bonds. The highest BCUT2D eigenvalue weighted by Crippen LogP contribution is 2.43. The number of sulfonamides is 1. The van der Waals surface area contributed by atoms with Gasteiger partial charge in [-0.05, 0) is 48.7 Å². The van der Waals surface area contributed by atoms with Gasteiger partial charge in [-0.25, -0.2) is 23.2 Å². The maximum absolute atomic E-state index is 13.6. The largest absolute Gasteiger partial charge is 0.370 e. The van der Waals surface area contributed by atoms with E-state index in [0.29, 0.717) is 60.7 Å². The Labute approximate surface area is 289 Å². The van der Waals surface area contributed by atoms with Crippen molar-refractivity contribution in [3.05, 3.63) is 65.4 Å². The Morgan fingerprint density at radius 2 is 1.76 bits per heavy atom. The Morgan fingerprint density at radius 1 is 1.00 bits per heavy atom. The van der Waals surface area contributed by atoms with Gasteiger partial charge in [0.15, 0.2) is 5.82 Å². The molecule has 0 unspecified atom stereocenters. The van der Waals surface area contributed by atoms with Crippen molar-refractivity contribution in [3.8, 4) is 0 Å². The number of hydrogen-bond donors (Lipinski definition) is 2. The van der Waals surface area contributed by atoms with Crippen LogP contribution in [0.2, 0.25) is 5.02 Å². The number of nitrogens with one attached hydrogen (secondary N) is 2. The summed E-state index contributed by atoms with van der Waals surface area (Å²) in [6.45, 7) is 5.67. The third kappa shape index (κ3) is 6.09. The van der Waals surface area contributed by atoms with E-state index in [1.807, 2.05) is 31.3 Å². The zero-order valence-electron chi connectivity index (χ0n) is 27.0. The zero-order valence-corrected chi connectivity index (χ0v) is 28.6. The highest BCUT2D eigenvalue weighted by Gasteiger charge is 2.51. The van der Waals surface area contributed by atoms with E-state index in [2.05, 4.69) is 47.6 Å². The number of hydrogen-bond acceptors (Lipinski definition) is 10. The topological polar surface area (TPSA) is 149 Å². The van der Waals surface area contributed by atoms with Crippen LogP contribution in [-0.2, 0) is 28.4 Å². The number of fused-ring (bicyclic) bond motifs is 1. The average Bonchev–Trinajstić information content (AvgIpc) is 3.38. The number of carbonyl (C=O) groups excluding carboxylic acids is 2. The summed E-state index contributed by atoms with van der Waals surface area (Å²) in [5.41, 5.74) is 3.26. The number of imide groups is 1. The molecule has 6 heterocycles. The number of aromatic nitrogens is 4. The molecule has 0 radical (unpaired) electrons. The molecule has 49 heavy (non-hydrogen) atoms. The Bertz CT molecular complexity index is 2030. The minimum atomic E-state index is -3.60. The van der Waals surface area contributed by atoms with Gasteiger partial charge in [0.25, 0.3) is 0 Å². The molecule has 2 N–H and O–H groups in total. The molecule has 256 valence electrons. The molecule has 0 aliphatic carbocycles. The van der Waals surface area contributed by atoms with Crippen LogP contribution in [0, 0.1) is 5.41 Å². The summed E-state index contributed by atoms with van der Waals surface area (Å²) < 4.78 is 30.5. The molecule has 8 rings (SSSR count). The van der Waals surface area contributed by atoms with Gasteiger partial charge in [-0.3, -0.25) is 24.6 Å². The first-order chi connectivity index (χ1) is 23.5. The molecule has 0 saturated carbocycles. The van der Waals surface area contributed by atoms with Crippen LogP contribution in [0.25, 0.3) is 10.9 Å². The van der Waals surface area contributed by atoms with Crippen LogP contribution in [0.4, 0.5) is 22.2 Å². The van der Waals surface area contributed by atoms with E-state index in [9.17, 15) is 18.0 Å². The van der Waals surface area contributed by atoms with Crippen LogP contribution in [0.1, 0.15) is 24.8 Å². The Morgan fingerprint density at radius 3 is 2.49 bits per heavy atom. The summed E-state index contributed by atoms with van der Waals surface area (Å²) in [6.07, 6.45) is 4.65. The van der Waals surface area contributed by atoms with Crippen LogP contribution in [-0.4, -0.2) is 101 Å². The summed E-state index contributed by atoms with van der Waals surface area (Å²) in [5.74, 6) is 0.783. The van der Waals surface area contributed by atoms with Crippen molar-refractivity contribution in [2.24, 2.45) is 12.5 Å². The Kier molecular flexibility index (Phi) is 7.97. The lowest BCUT2D eigenvalue weighted by atomic mass is 9.72. The van der Waals surface area contributed by atoms with Crippen LogP contribution in [0.5, 0.6) is 0 Å². The lowest BCUT2D eigenvalue weighted by Crippen LogP contribution is -2.71. The standard InChI is InChI=1S/C33H37ClN10O4S/c1-40-28-14-25(5-6-27(28)30(39-40)44-12-9-29(45)38-32(44)46)42-20-33(21-42)18-41(19-33)17-22-3-2-4-26(13-22)49(47,48)43-10-7-24(8-11-43)37-31-35-15-23(34)16-36-31/h2-6,13-16,24H,7-12,17-21H2,1H3,(H,35,36,37)(H,38,45,46). The van der Waals surface area contributed by atoms with Crippen LogP contribution < -0.4 is 20.4 Å². The van der Waals surface area contributed by atoms with E-state index in [-0.39, 0.29) is 23.8 Å². The molecular formula is C33H37ClN10O4S. The van der Waals surface area contributed by atoms with Gasteiger partial charge in [0.1, 0.15) is 0 Å². The van der Waals surface area contributed by atoms with Crippen molar-refractivity contribution in [3.63, 3.8) is 0 Å². The second-order valence-corrected chi connectivity index (χ2v) is 16.0. The van der Waals surface area contributed by atoms with Crippen molar-refractivity contribution in [2.75, 3.05) is 60.9 Å². The molecule has 14 nitrogen and oxygen atoms in total. The fourth-order valence-electron chi connectivity index (χ4n) is 7.57. The number of amides is 3. The minimum Gasteiger partial charge on any atom is -0.370 e. The van der Waals surface area contributed by atoms with Gasteiger partial charge in [0, 0.05) is 88.4 Å². The summed E-state index contributed by atoms with van der Waals surface area (Å²) in [6, 6.07) is 13.2. The molecule has 4 fully saturated rings. The number of urea groups is 1. The maximum atomic E-state index is 13.6. The fraction of sp³-hybridized carbons (Fsp3) is 0.424. The first-order valence-electron chi connectivity index (χ1n) is 16.4. The molecule has 4 aromatic rings. The molecule has 4 aliphatic rings. The number of benzene rings is 2. The summed E-state index contributed by atoms with van der Waals surface area (Å²) in [5, 5.41) is 11.6. The van der Waals surface area contributed by atoms with Gasteiger partial charge in [-0.15, -0.1) is 0 Å². The lowest BCUT2D eigenvalue weighted by molar-refractivity contribution is -0.120. The predicted molar refractivity (Wildman–Crippen MR) is 185 cm³/mol. The summed E-state index contributed by atoms with van der Waals surface area (Å²) in [7, 11) is -1.74. The van der Waals surface area contributed by atoms with Gasteiger partial charge in [-0.1, -0.05) is 23.7 Å². The van der Waals surface area contributed by atoms with Crippen molar-refractivity contribution < 1.29 is 18.0 Å². The Hall–Kier alpha value is -4.31. The number of likely N-dealkylation sites (tertiary alicyclic amines) is 1. The third-order valence-electron chi connectivity index (χ3n) is 10.0. The highest BCUT2D eigenvalue weighted by atomic mass is 35.5. The first kappa shape index (κ1) is 31.9. The van der Waals surface area contributed by atoms with E-state index in [1.165, 1.54) is 17.3 Å². The van der Waals surface area contributed by atoms with E-state index in [0.717, 1.165) is 48.3 Å². The van der Waals surface area contributed by atoms with Gasteiger partial charge in [0.2, 0.25) is 21.9 Å². The summed E-state index contributed by atoms with van der Waals surface area (Å²) >= 11 is 5.88. The lowest BCUT2D eigenvalue weighted by Gasteiger charge is -2.61. The molecule has 1 spiro atoms. The number of nitrogens with zero attached hydrogens (tertiary/aromatic N) is 8. The third-order valence-corrected chi connectivity index (χ3v) is 12.1. The molecule has 4 saturated heterocycles. The van der Waals surface area contributed by atoms with Gasteiger partial charge >= 0.3 is 6.03 Å². The van der Waals surface area contributed by atoms with Crippen molar-refractivity contribution in [1.29, 1.82) is 0 Å². The number of rotatable bonds is 8. The number of piperidine rings is 1. The molecule has 0 bridgehead atoms. The summed E-state index contributed by atoms with van der Waals surface area (Å²) in [4.78, 5) is 39.0. The van der Waals surface area contributed by atoms with Crippen molar-refractivity contribution in [2.45, 2.75) is 36.7 Å². The zero-order chi connectivity index (χ0) is 33.9. The van der Waals surface area contributed by atoms with E-state index < -0.39 is 16.1 Å². The fourth-order valence-corrected chi connectivity index (χ4v) is 9.21. The SMILES string of the molecule is Cn1nc(N2CCC(=O)NC2=O)c2ccc(N3CC4(CN(Cc5cccc(S(=O)(=O)N6CCC(Nc7ncc(Cl)cn7)CC6)c5)C4)C3)cc21. The first-order valence-corrected chi connectivity index (χ1v) is 18.3. The van der Waals surface area contributed by atoms with Crippen LogP contribution in [0.3, 0.4) is 0 Å². The average molecular weight is 705 g/mol. The number of aryl methyl sites for hydroxylation is 1. The van der Waals surface area contributed by atoms with Gasteiger partial charge in [0.05, 0.1) is 27.8 Å². The van der Waals surface area contributed by atoms with E-state index in [4.69, 9.17) is 11.6 Å². The molecule has 4 aliphatic heterocycles. The normalized spacial score (nSPS) is 20.4. The minimum absolute atomic E-state index is 0.0919. The van der Waals surface area contributed by atoms with Crippen LogP contribution >= 0.6 is 11.6 Å². The highest BCUT2D eigenvalue weighted by molar-refractivity contribution is 7.89. The van der Waals surface area contributed by atoms with Gasteiger partial charge < -0.3 is 10.2 Å². The quantitative estimate of drug-likeness (QED) is 0.280. The Balaban J connectivity index is 0.847. The molecule has 16 heteroatoms. The maximum Gasteiger partial charge on any atom is 0.329 e. The van der Waals surface area contributed by atoms with Crippen LogP contribution in [0.15, 0.2) is 59.8 Å². The van der Waals surface area contributed by atoms with Gasteiger partial charge in [-0.2, -0.15) is 9.40 Å². The van der Waals surface area contributed by atoms with E-state index in [1.54, 1.807) is 15.1 Å². The second-order valence-electron chi connectivity index (χ2n) is 13.6. The molecule has 2 aromatic heterocycles. The molecule has 0 atom stereocenters. The number of carbonyl (C=O) groups is 2.